The summed E-state index contributed by atoms with van der Waals surface area (Å²) in [5, 5.41) is 50.3. The number of esters is 1. The van der Waals surface area contributed by atoms with Gasteiger partial charge in [0, 0.05) is 11.5 Å². The summed E-state index contributed by atoms with van der Waals surface area (Å²) in [5.41, 5.74) is 1.11. The summed E-state index contributed by atoms with van der Waals surface area (Å²) in [6, 6.07) is 0. The maximum atomic E-state index is 12.1. The van der Waals surface area contributed by atoms with Crippen molar-refractivity contribution in [2.24, 2.45) is 23.7 Å². The molecule has 0 unspecified atom stereocenters. The monoisotopic (exact) mass is 426 g/mol. The first-order chi connectivity index (χ1) is 14.1. The highest BCUT2D eigenvalue weighted by atomic mass is 16.7. The zero-order chi connectivity index (χ0) is 21.9. The molecule has 4 fully saturated rings. The number of carbonyl (C=O) groups is 1. The Balaban J connectivity index is 1.55. The third kappa shape index (κ3) is 3.33. The van der Waals surface area contributed by atoms with Gasteiger partial charge in [0.05, 0.1) is 24.7 Å². The Morgan fingerprint density at radius 3 is 2.50 bits per heavy atom. The van der Waals surface area contributed by atoms with E-state index in [1.54, 1.807) is 0 Å². The van der Waals surface area contributed by atoms with Crippen LogP contribution in [0.5, 0.6) is 0 Å². The van der Waals surface area contributed by atoms with Gasteiger partial charge in [-0.05, 0) is 24.7 Å². The molecule has 4 rings (SSSR count). The van der Waals surface area contributed by atoms with Crippen LogP contribution in [-0.2, 0) is 19.0 Å². The van der Waals surface area contributed by atoms with Gasteiger partial charge in [0.15, 0.2) is 6.29 Å². The zero-order valence-corrected chi connectivity index (χ0v) is 16.8. The molecule has 2 saturated heterocycles. The summed E-state index contributed by atoms with van der Waals surface area (Å²) in [7, 11) is 0. The highest BCUT2D eigenvalue weighted by molar-refractivity contribution is 5.91. The number of rotatable bonds is 3. The Kier molecular flexibility index (Phi) is 5.82. The van der Waals surface area contributed by atoms with Crippen molar-refractivity contribution in [1.82, 2.24) is 0 Å². The molecule has 30 heavy (non-hydrogen) atoms. The van der Waals surface area contributed by atoms with Gasteiger partial charge in [-0.3, -0.25) is 0 Å². The van der Waals surface area contributed by atoms with Crippen LogP contribution in [0.1, 0.15) is 19.8 Å². The summed E-state index contributed by atoms with van der Waals surface area (Å²) in [6.45, 7) is 9.36. The molecule has 0 aromatic heterocycles. The van der Waals surface area contributed by atoms with E-state index in [9.17, 15) is 30.3 Å². The molecule has 9 nitrogen and oxygen atoms in total. The quantitative estimate of drug-likeness (QED) is 0.215. The lowest BCUT2D eigenvalue weighted by atomic mass is 9.79. The molecule has 0 bridgehead atoms. The fraction of sp³-hybridized carbons (Fsp3) is 0.762. The van der Waals surface area contributed by atoms with E-state index in [0.29, 0.717) is 12.8 Å². The van der Waals surface area contributed by atoms with Crippen molar-refractivity contribution in [3.63, 3.8) is 0 Å². The van der Waals surface area contributed by atoms with Gasteiger partial charge >= 0.3 is 5.97 Å². The second-order valence-corrected chi connectivity index (χ2v) is 9.00. The van der Waals surface area contributed by atoms with Gasteiger partial charge in [0.1, 0.15) is 30.5 Å². The standard InChI is InChI=1S/C21H30O9/c1-7-4-11(23)15-9(3)20(27)30-19(15)14-8(2)12(5-10(7)14)28-21-18(26)17(25)16(24)13(6-22)29-21/h8,10-19,21-26H,1,3-6H2,2H3/t8-,10+,11-,12+,13-,14+,15-,16-,17+,18-,19-,21-/m1/s1. The molecule has 12 atom stereocenters. The van der Waals surface area contributed by atoms with Gasteiger partial charge < -0.3 is 39.7 Å². The van der Waals surface area contributed by atoms with Crippen LogP contribution in [0, 0.1) is 23.7 Å². The zero-order valence-electron chi connectivity index (χ0n) is 16.8. The second kappa shape index (κ2) is 7.98. The first kappa shape index (κ1) is 21.9. The highest BCUT2D eigenvalue weighted by Gasteiger charge is 2.58. The fourth-order valence-corrected chi connectivity index (χ4v) is 5.66. The van der Waals surface area contributed by atoms with E-state index < -0.39 is 67.5 Å². The average Bonchev–Trinajstić information content (AvgIpc) is 3.15. The van der Waals surface area contributed by atoms with E-state index in [4.69, 9.17) is 14.2 Å². The van der Waals surface area contributed by atoms with Gasteiger partial charge in [-0.25, -0.2) is 4.79 Å². The molecular formula is C21H30O9. The Morgan fingerprint density at radius 1 is 1.13 bits per heavy atom. The van der Waals surface area contributed by atoms with Gasteiger partial charge in [-0.15, -0.1) is 0 Å². The Hall–Kier alpha value is -1.33. The fourth-order valence-electron chi connectivity index (χ4n) is 5.66. The number of carbonyl (C=O) groups excluding carboxylic acids is 1. The Labute approximate surface area is 174 Å². The molecule has 0 amide bonds. The van der Waals surface area contributed by atoms with Gasteiger partial charge in [-0.1, -0.05) is 25.7 Å². The van der Waals surface area contributed by atoms with E-state index in [-0.39, 0.29) is 23.3 Å². The Morgan fingerprint density at radius 2 is 1.83 bits per heavy atom. The van der Waals surface area contributed by atoms with Crippen LogP contribution >= 0.6 is 0 Å². The van der Waals surface area contributed by atoms with E-state index in [1.807, 2.05) is 6.92 Å². The SMILES string of the molecule is C=C1C(=O)O[C@H]2[C@H]1[C@H](O)CC(=C)[C@@H]1C[C@H](O[C@@H]3O[C@H](CO)[C@@H](O)[C@H](O)[C@H]3O)[C@@H](C)[C@H]21. The molecule has 0 radical (unpaired) electrons. The summed E-state index contributed by atoms with van der Waals surface area (Å²) in [5.74, 6) is -1.37. The molecule has 168 valence electrons. The molecule has 2 heterocycles. The van der Waals surface area contributed by atoms with Crippen molar-refractivity contribution in [2.75, 3.05) is 6.61 Å². The molecular weight excluding hydrogens is 396 g/mol. The lowest BCUT2D eigenvalue weighted by molar-refractivity contribution is -0.313. The number of ether oxygens (including phenoxy) is 3. The van der Waals surface area contributed by atoms with Crippen LogP contribution in [0.25, 0.3) is 0 Å². The smallest absolute Gasteiger partial charge is 0.334 e. The van der Waals surface area contributed by atoms with Crippen LogP contribution in [0.4, 0.5) is 0 Å². The summed E-state index contributed by atoms with van der Waals surface area (Å²) in [4.78, 5) is 12.1. The van der Waals surface area contributed by atoms with Crippen molar-refractivity contribution in [2.45, 2.75) is 68.8 Å². The van der Waals surface area contributed by atoms with Crippen LogP contribution < -0.4 is 0 Å². The topological polar surface area (TPSA) is 146 Å². The van der Waals surface area contributed by atoms with E-state index in [0.717, 1.165) is 5.57 Å². The van der Waals surface area contributed by atoms with Crippen LogP contribution in [0.3, 0.4) is 0 Å². The van der Waals surface area contributed by atoms with E-state index in [2.05, 4.69) is 13.2 Å². The first-order valence-corrected chi connectivity index (χ1v) is 10.4. The van der Waals surface area contributed by atoms with Crippen molar-refractivity contribution in [3.05, 3.63) is 24.3 Å². The number of aliphatic hydroxyl groups excluding tert-OH is 5. The summed E-state index contributed by atoms with van der Waals surface area (Å²) < 4.78 is 17.1. The van der Waals surface area contributed by atoms with E-state index in [1.165, 1.54) is 0 Å². The Bertz CT molecular complexity index is 721. The summed E-state index contributed by atoms with van der Waals surface area (Å²) >= 11 is 0. The lowest BCUT2D eigenvalue weighted by Gasteiger charge is -2.41. The van der Waals surface area contributed by atoms with Gasteiger partial charge in [0.2, 0.25) is 0 Å². The molecule has 2 saturated carbocycles. The van der Waals surface area contributed by atoms with E-state index >= 15 is 0 Å². The molecule has 0 aromatic carbocycles. The molecule has 9 heteroatoms. The predicted octanol–water partition coefficient (Wildman–Crippen LogP) is -1.14. The van der Waals surface area contributed by atoms with Crippen molar-refractivity contribution < 1.29 is 44.5 Å². The highest BCUT2D eigenvalue weighted by Crippen LogP contribution is 2.53. The maximum absolute atomic E-state index is 12.1. The van der Waals surface area contributed by atoms with Crippen LogP contribution in [0.15, 0.2) is 24.3 Å². The second-order valence-electron chi connectivity index (χ2n) is 9.00. The molecule has 2 aliphatic heterocycles. The third-order valence-corrected chi connectivity index (χ3v) is 7.35. The number of hydrogen-bond acceptors (Lipinski definition) is 9. The third-order valence-electron chi connectivity index (χ3n) is 7.35. The minimum atomic E-state index is -1.52. The predicted molar refractivity (Wildman–Crippen MR) is 102 cm³/mol. The summed E-state index contributed by atoms with van der Waals surface area (Å²) in [6.07, 6.45) is -7.64. The van der Waals surface area contributed by atoms with Gasteiger partial charge in [-0.2, -0.15) is 0 Å². The molecule has 4 aliphatic rings. The number of aliphatic hydroxyl groups is 5. The lowest BCUT2D eigenvalue weighted by Crippen LogP contribution is -2.59. The first-order valence-electron chi connectivity index (χ1n) is 10.4. The minimum Gasteiger partial charge on any atom is -0.458 e. The molecule has 5 N–H and O–H groups in total. The molecule has 2 aliphatic carbocycles. The van der Waals surface area contributed by atoms with Crippen molar-refractivity contribution >= 4 is 5.97 Å². The normalized spacial score (nSPS) is 51.3. The van der Waals surface area contributed by atoms with Crippen molar-refractivity contribution in [1.29, 1.82) is 0 Å². The van der Waals surface area contributed by atoms with Gasteiger partial charge in [0.25, 0.3) is 0 Å². The minimum absolute atomic E-state index is 0.0711. The largest absolute Gasteiger partial charge is 0.458 e. The van der Waals surface area contributed by atoms with Crippen LogP contribution in [-0.4, -0.2) is 87.1 Å². The molecule has 0 aromatic rings. The average molecular weight is 426 g/mol. The van der Waals surface area contributed by atoms with Crippen molar-refractivity contribution in [3.8, 4) is 0 Å². The van der Waals surface area contributed by atoms with Crippen LogP contribution in [0.2, 0.25) is 0 Å². The number of hydrogen-bond donors (Lipinski definition) is 5. The molecule has 0 spiro atoms. The maximum Gasteiger partial charge on any atom is 0.334 e. The number of fused-ring (bicyclic) bond motifs is 3.